The predicted molar refractivity (Wildman–Crippen MR) is 86.6 cm³/mol. The van der Waals surface area contributed by atoms with Gasteiger partial charge in [-0.1, -0.05) is 24.3 Å². The standard InChI is InChI=1S/C17H18N2O2S/c20-9-8-19(11-13-4-3-7-18-10-13)17(21)15-12-22-16-6-2-1-5-14(15)16/h1-7,10,15,20H,8-9,11-12H2. The summed E-state index contributed by atoms with van der Waals surface area (Å²) in [6.07, 6.45) is 3.47. The number of aromatic nitrogens is 1. The van der Waals surface area contributed by atoms with Crippen molar-refractivity contribution in [3.63, 3.8) is 0 Å². The summed E-state index contributed by atoms with van der Waals surface area (Å²) in [6.45, 7) is 0.793. The molecule has 0 saturated heterocycles. The number of aliphatic hydroxyl groups excluding tert-OH is 1. The first-order valence-corrected chi connectivity index (χ1v) is 8.28. The summed E-state index contributed by atoms with van der Waals surface area (Å²) in [4.78, 5) is 19.9. The fourth-order valence-electron chi connectivity index (χ4n) is 2.69. The summed E-state index contributed by atoms with van der Waals surface area (Å²) in [5.74, 6) is 0.729. The van der Waals surface area contributed by atoms with Crippen LogP contribution in [0.5, 0.6) is 0 Å². The second-order valence-corrected chi connectivity index (χ2v) is 6.31. The first kappa shape index (κ1) is 15.1. The predicted octanol–water partition coefficient (Wildman–Crippen LogP) is 2.29. The van der Waals surface area contributed by atoms with E-state index in [4.69, 9.17) is 0 Å². The Morgan fingerprint density at radius 2 is 2.18 bits per heavy atom. The highest BCUT2D eigenvalue weighted by Crippen LogP contribution is 2.40. The molecule has 0 saturated carbocycles. The van der Waals surface area contributed by atoms with Gasteiger partial charge in [0.25, 0.3) is 0 Å². The molecule has 1 atom stereocenters. The average molecular weight is 314 g/mol. The van der Waals surface area contributed by atoms with E-state index in [9.17, 15) is 9.90 Å². The van der Waals surface area contributed by atoms with Crippen LogP contribution in [0.1, 0.15) is 17.0 Å². The lowest BCUT2D eigenvalue weighted by Gasteiger charge is -2.25. The molecule has 5 heteroatoms. The summed E-state index contributed by atoms with van der Waals surface area (Å²) in [7, 11) is 0. The summed E-state index contributed by atoms with van der Waals surface area (Å²) in [5.41, 5.74) is 2.08. The molecule has 1 aromatic carbocycles. The third-order valence-corrected chi connectivity index (χ3v) is 4.96. The third-order valence-electron chi connectivity index (χ3n) is 3.78. The Hall–Kier alpha value is -1.85. The maximum atomic E-state index is 12.9. The van der Waals surface area contributed by atoms with Gasteiger partial charge in [0.2, 0.25) is 5.91 Å². The number of aliphatic hydroxyl groups is 1. The van der Waals surface area contributed by atoms with E-state index in [1.54, 1.807) is 29.1 Å². The van der Waals surface area contributed by atoms with Crippen molar-refractivity contribution in [1.82, 2.24) is 9.88 Å². The normalized spacial score (nSPS) is 16.3. The molecule has 1 aromatic heterocycles. The monoisotopic (exact) mass is 314 g/mol. The van der Waals surface area contributed by atoms with Crippen molar-refractivity contribution in [3.05, 3.63) is 59.9 Å². The van der Waals surface area contributed by atoms with Crippen LogP contribution in [0.3, 0.4) is 0 Å². The molecule has 4 nitrogen and oxygen atoms in total. The van der Waals surface area contributed by atoms with Crippen molar-refractivity contribution < 1.29 is 9.90 Å². The second-order valence-electron chi connectivity index (χ2n) is 5.25. The maximum absolute atomic E-state index is 12.9. The molecular formula is C17H18N2O2S. The van der Waals surface area contributed by atoms with Crippen LogP contribution < -0.4 is 0 Å². The van der Waals surface area contributed by atoms with E-state index in [0.717, 1.165) is 16.9 Å². The number of carbonyl (C=O) groups excluding carboxylic acids is 1. The Bertz CT molecular complexity index is 648. The largest absolute Gasteiger partial charge is 0.395 e. The van der Waals surface area contributed by atoms with Crippen molar-refractivity contribution in [3.8, 4) is 0 Å². The highest BCUT2D eigenvalue weighted by Gasteiger charge is 2.32. The smallest absolute Gasteiger partial charge is 0.231 e. The van der Waals surface area contributed by atoms with Gasteiger partial charge in [-0.2, -0.15) is 0 Å². The van der Waals surface area contributed by atoms with Gasteiger partial charge in [0.1, 0.15) is 0 Å². The molecule has 0 aliphatic carbocycles. The van der Waals surface area contributed by atoms with Gasteiger partial charge in [-0.3, -0.25) is 9.78 Å². The first-order chi connectivity index (χ1) is 10.8. The van der Waals surface area contributed by atoms with Crippen molar-refractivity contribution in [2.45, 2.75) is 17.4 Å². The maximum Gasteiger partial charge on any atom is 0.231 e. The minimum atomic E-state index is -0.121. The zero-order valence-electron chi connectivity index (χ0n) is 12.2. The van der Waals surface area contributed by atoms with Crippen molar-refractivity contribution in [1.29, 1.82) is 0 Å². The zero-order chi connectivity index (χ0) is 15.4. The Kier molecular flexibility index (Phi) is 4.75. The molecule has 1 N–H and O–H groups in total. The van der Waals surface area contributed by atoms with Gasteiger partial charge in [0.05, 0.1) is 12.5 Å². The molecule has 114 valence electrons. The molecule has 0 fully saturated rings. The van der Waals surface area contributed by atoms with Crippen LogP contribution in [-0.2, 0) is 11.3 Å². The Labute approximate surface area is 134 Å². The van der Waals surface area contributed by atoms with Crippen LogP contribution >= 0.6 is 11.8 Å². The number of fused-ring (bicyclic) bond motifs is 1. The number of rotatable bonds is 5. The summed E-state index contributed by atoms with van der Waals surface area (Å²) in [6, 6.07) is 11.9. The molecule has 22 heavy (non-hydrogen) atoms. The molecule has 1 aliphatic heterocycles. The van der Waals surface area contributed by atoms with Crippen LogP contribution in [0.2, 0.25) is 0 Å². The fourth-order valence-corrected chi connectivity index (χ4v) is 3.91. The van der Waals surface area contributed by atoms with Gasteiger partial charge in [-0.15, -0.1) is 11.8 Å². The fraction of sp³-hybridized carbons (Fsp3) is 0.294. The van der Waals surface area contributed by atoms with Crippen LogP contribution in [0, 0.1) is 0 Å². The van der Waals surface area contributed by atoms with Crippen LogP contribution in [0.15, 0.2) is 53.7 Å². The summed E-state index contributed by atoms with van der Waals surface area (Å²) >= 11 is 1.72. The molecule has 0 spiro atoms. The highest BCUT2D eigenvalue weighted by molar-refractivity contribution is 7.99. The molecule has 1 aliphatic rings. The van der Waals surface area contributed by atoms with E-state index in [0.29, 0.717) is 13.1 Å². The topological polar surface area (TPSA) is 53.4 Å². The lowest BCUT2D eigenvalue weighted by atomic mass is 9.99. The van der Waals surface area contributed by atoms with Crippen LogP contribution in [-0.4, -0.2) is 39.8 Å². The molecule has 2 aromatic rings. The van der Waals surface area contributed by atoms with E-state index in [1.807, 2.05) is 30.3 Å². The number of benzene rings is 1. The quantitative estimate of drug-likeness (QED) is 0.920. The van der Waals surface area contributed by atoms with Gasteiger partial charge in [-0.05, 0) is 23.3 Å². The van der Waals surface area contributed by atoms with Gasteiger partial charge in [0, 0.05) is 36.1 Å². The third kappa shape index (κ3) is 3.15. The van der Waals surface area contributed by atoms with E-state index < -0.39 is 0 Å². The second kappa shape index (κ2) is 6.94. The van der Waals surface area contributed by atoms with E-state index in [2.05, 4.69) is 11.1 Å². The summed E-state index contributed by atoms with van der Waals surface area (Å²) in [5, 5.41) is 9.29. The van der Waals surface area contributed by atoms with Crippen molar-refractivity contribution >= 4 is 17.7 Å². The first-order valence-electron chi connectivity index (χ1n) is 7.30. The highest BCUT2D eigenvalue weighted by atomic mass is 32.2. The SMILES string of the molecule is O=C(C1CSc2ccccc21)N(CCO)Cc1cccnc1. The lowest BCUT2D eigenvalue weighted by molar-refractivity contribution is -0.133. The van der Waals surface area contributed by atoms with Gasteiger partial charge in [-0.25, -0.2) is 0 Å². The molecule has 2 heterocycles. The zero-order valence-corrected chi connectivity index (χ0v) is 13.0. The number of hydrogen-bond donors (Lipinski definition) is 1. The van der Waals surface area contributed by atoms with E-state index >= 15 is 0 Å². The van der Waals surface area contributed by atoms with Crippen LogP contribution in [0.25, 0.3) is 0 Å². The molecule has 0 radical (unpaired) electrons. The number of nitrogens with zero attached hydrogens (tertiary/aromatic N) is 2. The number of amides is 1. The van der Waals surface area contributed by atoms with Crippen molar-refractivity contribution in [2.75, 3.05) is 18.9 Å². The Morgan fingerprint density at radius 1 is 1.32 bits per heavy atom. The van der Waals surface area contributed by atoms with Crippen molar-refractivity contribution in [2.24, 2.45) is 0 Å². The molecule has 1 amide bonds. The number of carbonyl (C=O) groups is 1. The molecular weight excluding hydrogens is 296 g/mol. The summed E-state index contributed by atoms with van der Waals surface area (Å²) < 4.78 is 0. The molecule has 3 rings (SSSR count). The average Bonchev–Trinajstić information content (AvgIpc) is 2.99. The molecule has 0 bridgehead atoms. The Balaban J connectivity index is 1.79. The number of pyridine rings is 1. The van der Waals surface area contributed by atoms with E-state index in [1.165, 1.54) is 4.90 Å². The van der Waals surface area contributed by atoms with Crippen LogP contribution in [0.4, 0.5) is 0 Å². The lowest BCUT2D eigenvalue weighted by Crippen LogP contribution is -2.37. The minimum Gasteiger partial charge on any atom is -0.395 e. The van der Waals surface area contributed by atoms with Gasteiger partial charge < -0.3 is 10.0 Å². The minimum absolute atomic E-state index is 0.0342. The van der Waals surface area contributed by atoms with E-state index in [-0.39, 0.29) is 18.4 Å². The van der Waals surface area contributed by atoms with Gasteiger partial charge in [0.15, 0.2) is 0 Å². The Morgan fingerprint density at radius 3 is 2.95 bits per heavy atom. The number of thioether (sulfide) groups is 1. The number of hydrogen-bond acceptors (Lipinski definition) is 4. The molecule has 1 unspecified atom stereocenters. The van der Waals surface area contributed by atoms with Gasteiger partial charge >= 0.3 is 0 Å².